The third kappa shape index (κ3) is 1.25. The van der Waals surface area contributed by atoms with E-state index >= 15 is 0 Å². The molecule has 0 saturated carbocycles. The zero-order chi connectivity index (χ0) is 9.64. The fourth-order valence-corrected chi connectivity index (χ4v) is 2.25. The Balaban J connectivity index is 2.42. The van der Waals surface area contributed by atoms with Gasteiger partial charge in [0.05, 0.1) is 6.10 Å². The van der Waals surface area contributed by atoms with Crippen molar-refractivity contribution in [1.29, 1.82) is 0 Å². The highest BCUT2D eigenvalue weighted by atomic mass is 16.3. The maximum absolute atomic E-state index is 11.5. The maximum atomic E-state index is 11.5. The molecule has 2 aliphatic carbocycles. The summed E-state index contributed by atoms with van der Waals surface area (Å²) in [6.45, 7) is 3.89. The molecule has 0 saturated heterocycles. The molecule has 0 aromatic rings. The molecule has 0 aliphatic heterocycles. The van der Waals surface area contributed by atoms with Gasteiger partial charge in [0.2, 0.25) is 0 Å². The predicted molar refractivity (Wildman–Crippen MR) is 50.2 cm³/mol. The summed E-state index contributed by atoms with van der Waals surface area (Å²) >= 11 is 0. The second-order valence-electron chi connectivity index (χ2n) is 4.38. The van der Waals surface area contributed by atoms with Gasteiger partial charge in [0.25, 0.3) is 0 Å². The summed E-state index contributed by atoms with van der Waals surface area (Å²) in [6, 6.07) is 0. The fraction of sp³-hybridized carbons (Fsp3) is 0.545. The van der Waals surface area contributed by atoms with Crippen LogP contribution in [0.3, 0.4) is 0 Å². The summed E-state index contributed by atoms with van der Waals surface area (Å²) in [5, 5.41) is 9.48. The molecular weight excluding hydrogens is 164 g/mol. The lowest BCUT2D eigenvalue weighted by Gasteiger charge is -2.29. The van der Waals surface area contributed by atoms with E-state index in [0.717, 1.165) is 11.1 Å². The lowest BCUT2D eigenvalue weighted by molar-refractivity contribution is -0.117. The van der Waals surface area contributed by atoms with Gasteiger partial charge in [-0.05, 0) is 24.5 Å². The van der Waals surface area contributed by atoms with E-state index in [1.54, 1.807) is 0 Å². The Kier molecular flexibility index (Phi) is 1.70. The molecule has 70 valence electrons. The average Bonchev–Trinajstić information content (AvgIpc) is 2.25. The van der Waals surface area contributed by atoms with Crippen molar-refractivity contribution in [2.75, 3.05) is 0 Å². The Bertz CT molecular complexity index is 325. The van der Waals surface area contributed by atoms with Crippen LogP contribution in [-0.2, 0) is 4.79 Å². The van der Waals surface area contributed by atoms with Crippen molar-refractivity contribution in [1.82, 2.24) is 0 Å². The summed E-state index contributed by atoms with van der Waals surface area (Å²) in [7, 11) is 0. The van der Waals surface area contributed by atoms with E-state index in [2.05, 4.69) is 6.92 Å². The maximum Gasteiger partial charge on any atom is 0.159 e. The topological polar surface area (TPSA) is 37.3 Å². The van der Waals surface area contributed by atoms with Crippen molar-refractivity contribution in [3.8, 4) is 0 Å². The lowest BCUT2D eigenvalue weighted by Crippen LogP contribution is -2.25. The minimum absolute atomic E-state index is 0.101. The molecule has 2 heteroatoms. The van der Waals surface area contributed by atoms with Gasteiger partial charge in [-0.1, -0.05) is 19.1 Å². The zero-order valence-corrected chi connectivity index (χ0v) is 8.00. The Hall–Kier alpha value is -0.890. The minimum atomic E-state index is -0.366. The molecule has 0 aromatic heterocycles. The van der Waals surface area contributed by atoms with E-state index in [0.29, 0.717) is 12.8 Å². The first kappa shape index (κ1) is 8.70. The fourth-order valence-electron chi connectivity index (χ4n) is 2.25. The molecule has 0 amide bonds. The number of allylic oxidation sites excluding steroid dienone is 3. The summed E-state index contributed by atoms with van der Waals surface area (Å²) in [6.07, 6.45) is 4.67. The SMILES string of the molecule is CC1=CC2=C[C@@H](O)C[C@@]2(C)CC1=O. The Labute approximate surface area is 78.0 Å². The van der Waals surface area contributed by atoms with Crippen LogP contribution < -0.4 is 0 Å². The summed E-state index contributed by atoms with van der Waals surface area (Å²) in [5.74, 6) is 0.216. The van der Waals surface area contributed by atoms with E-state index in [1.807, 2.05) is 19.1 Å². The normalized spacial score (nSPS) is 38.4. The first-order chi connectivity index (χ1) is 6.01. The number of hydrogen-bond donors (Lipinski definition) is 1. The van der Waals surface area contributed by atoms with Crippen LogP contribution in [0.4, 0.5) is 0 Å². The van der Waals surface area contributed by atoms with Gasteiger partial charge in [-0.3, -0.25) is 4.79 Å². The summed E-state index contributed by atoms with van der Waals surface area (Å²) < 4.78 is 0. The van der Waals surface area contributed by atoms with Crippen molar-refractivity contribution in [3.63, 3.8) is 0 Å². The lowest BCUT2D eigenvalue weighted by atomic mass is 9.73. The molecule has 2 rings (SSSR count). The third-order valence-electron chi connectivity index (χ3n) is 3.09. The van der Waals surface area contributed by atoms with Crippen molar-refractivity contribution < 1.29 is 9.90 Å². The van der Waals surface area contributed by atoms with E-state index in [9.17, 15) is 9.90 Å². The quantitative estimate of drug-likeness (QED) is 0.611. The molecule has 2 atom stereocenters. The van der Waals surface area contributed by atoms with E-state index in [4.69, 9.17) is 0 Å². The van der Waals surface area contributed by atoms with Gasteiger partial charge in [0.1, 0.15) is 0 Å². The van der Waals surface area contributed by atoms with Crippen LogP contribution >= 0.6 is 0 Å². The number of aliphatic hydroxyl groups is 1. The largest absolute Gasteiger partial charge is 0.389 e. The molecule has 13 heavy (non-hydrogen) atoms. The van der Waals surface area contributed by atoms with Gasteiger partial charge in [0, 0.05) is 11.8 Å². The number of carbonyl (C=O) groups is 1. The van der Waals surface area contributed by atoms with Crippen LogP contribution in [0.25, 0.3) is 0 Å². The third-order valence-corrected chi connectivity index (χ3v) is 3.09. The highest BCUT2D eigenvalue weighted by molar-refractivity contribution is 5.97. The average molecular weight is 178 g/mol. The molecule has 0 bridgehead atoms. The number of aliphatic hydroxyl groups excluding tert-OH is 1. The monoisotopic (exact) mass is 178 g/mol. The minimum Gasteiger partial charge on any atom is -0.389 e. The van der Waals surface area contributed by atoms with Gasteiger partial charge in [-0.15, -0.1) is 0 Å². The molecule has 2 aliphatic rings. The first-order valence-corrected chi connectivity index (χ1v) is 4.63. The van der Waals surface area contributed by atoms with Crippen molar-refractivity contribution in [2.24, 2.45) is 5.41 Å². The van der Waals surface area contributed by atoms with E-state index in [-0.39, 0.29) is 17.3 Å². The van der Waals surface area contributed by atoms with Gasteiger partial charge < -0.3 is 5.11 Å². The van der Waals surface area contributed by atoms with E-state index < -0.39 is 0 Å². The smallest absolute Gasteiger partial charge is 0.159 e. The van der Waals surface area contributed by atoms with Gasteiger partial charge in [0.15, 0.2) is 5.78 Å². The Morgan fingerprint density at radius 2 is 2.31 bits per heavy atom. The standard InChI is InChI=1S/C11H14O2/c1-7-3-8-4-9(12)5-11(8,2)6-10(7)13/h3-4,9,12H,5-6H2,1-2H3/t9-,11+/m1/s1. The van der Waals surface area contributed by atoms with Crippen molar-refractivity contribution >= 4 is 5.78 Å². The van der Waals surface area contributed by atoms with Crippen LogP contribution in [-0.4, -0.2) is 17.0 Å². The molecule has 2 nitrogen and oxygen atoms in total. The molecule has 1 N–H and O–H groups in total. The first-order valence-electron chi connectivity index (χ1n) is 4.63. The van der Waals surface area contributed by atoms with Crippen LogP contribution in [0.2, 0.25) is 0 Å². The summed E-state index contributed by atoms with van der Waals surface area (Å²) in [4.78, 5) is 11.5. The predicted octanol–water partition coefficient (Wildman–Crippen LogP) is 1.60. The highest BCUT2D eigenvalue weighted by Gasteiger charge is 2.40. The number of fused-ring (bicyclic) bond motifs is 1. The molecule has 0 aromatic carbocycles. The molecule has 0 radical (unpaired) electrons. The second kappa shape index (κ2) is 2.55. The van der Waals surface area contributed by atoms with E-state index in [1.165, 1.54) is 0 Å². The Morgan fingerprint density at radius 1 is 1.62 bits per heavy atom. The van der Waals surface area contributed by atoms with Crippen LogP contribution in [0.15, 0.2) is 23.3 Å². The number of Topliss-reactive ketones (excluding diaryl/α,β-unsaturated/α-hetero) is 1. The van der Waals surface area contributed by atoms with Crippen LogP contribution in [0.5, 0.6) is 0 Å². The molecule has 0 spiro atoms. The number of carbonyl (C=O) groups excluding carboxylic acids is 1. The highest BCUT2D eigenvalue weighted by Crippen LogP contribution is 2.45. The van der Waals surface area contributed by atoms with Crippen LogP contribution in [0.1, 0.15) is 26.7 Å². The van der Waals surface area contributed by atoms with Gasteiger partial charge >= 0.3 is 0 Å². The number of rotatable bonds is 0. The number of ketones is 1. The van der Waals surface area contributed by atoms with Crippen molar-refractivity contribution in [2.45, 2.75) is 32.8 Å². The van der Waals surface area contributed by atoms with Gasteiger partial charge in [-0.25, -0.2) is 0 Å². The number of hydrogen-bond acceptors (Lipinski definition) is 2. The molecular formula is C11H14O2. The second-order valence-corrected chi connectivity index (χ2v) is 4.38. The van der Waals surface area contributed by atoms with Gasteiger partial charge in [-0.2, -0.15) is 0 Å². The van der Waals surface area contributed by atoms with Crippen molar-refractivity contribution in [3.05, 3.63) is 23.3 Å². The van der Waals surface area contributed by atoms with Crippen LogP contribution in [0, 0.1) is 5.41 Å². The summed E-state index contributed by atoms with van der Waals surface area (Å²) in [5.41, 5.74) is 1.85. The molecule has 0 unspecified atom stereocenters. The molecule has 0 fully saturated rings. The Morgan fingerprint density at radius 3 is 3.00 bits per heavy atom. The zero-order valence-electron chi connectivity index (χ0n) is 8.00. The molecule has 0 heterocycles.